The lowest BCUT2D eigenvalue weighted by molar-refractivity contribution is 0.0606. The third-order valence-corrected chi connectivity index (χ3v) is 3.60. The van der Waals surface area contributed by atoms with Crippen LogP contribution in [0.4, 0.5) is 0 Å². The highest BCUT2D eigenvalue weighted by Gasteiger charge is 2.33. The smallest absolute Gasteiger partial charge is 0.254 e. The molecule has 4 heteroatoms. The molecule has 1 fully saturated rings. The van der Waals surface area contributed by atoms with Crippen molar-refractivity contribution in [3.05, 3.63) is 34.3 Å². The molecular formula is C12H13ClN2O. The Morgan fingerprint density at radius 3 is 3.19 bits per heavy atom. The Bertz CT molecular complexity index is 447. The van der Waals surface area contributed by atoms with Gasteiger partial charge in [0.15, 0.2) is 0 Å². The Morgan fingerprint density at radius 1 is 1.44 bits per heavy atom. The summed E-state index contributed by atoms with van der Waals surface area (Å²) in [6.45, 7) is 2.59. The number of halogens is 1. The fourth-order valence-electron chi connectivity index (χ4n) is 2.56. The predicted molar refractivity (Wildman–Crippen MR) is 62.9 cm³/mol. The summed E-state index contributed by atoms with van der Waals surface area (Å²) in [5.74, 6) is 0.157. The molecule has 1 amide bonds. The molecule has 1 aromatic carbocycles. The monoisotopic (exact) mass is 236 g/mol. The number of rotatable bonds is 0. The second-order valence-corrected chi connectivity index (χ2v) is 4.80. The first kappa shape index (κ1) is 10.1. The van der Waals surface area contributed by atoms with Crippen LogP contribution in [0.2, 0.25) is 5.02 Å². The minimum atomic E-state index is 0.157. The van der Waals surface area contributed by atoms with Gasteiger partial charge in [-0.05, 0) is 30.2 Å². The van der Waals surface area contributed by atoms with E-state index in [1.165, 1.54) is 0 Å². The molecule has 0 spiro atoms. The molecule has 1 saturated heterocycles. The molecule has 2 heterocycles. The van der Waals surface area contributed by atoms with Gasteiger partial charge in [0.2, 0.25) is 0 Å². The fraction of sp³-hybridized carbons (Fsp3) is 0.417. The lowest BCUT2D eigenvalue weighted by Gasteiger charge is -2.40. The maximum Gasteiger partial charge on any atom is 0.254 e. The van der Waals surface area contributed by atoms with Crippen molar-refractivity contribution in [2.24, 2.45) is 0 Å². The van der Waals surface area contributed by atoms with Gasteiger partial charge < -0.3 is 10.2 Å². The molecule has 2 aliphatic rings. The van der Waals surface area contributed by atoms with E-state index in [0.29, 0.717) is 11.1 Å². The van der Waals surface area contributed by atoms with Gasteiger partial charge in [0, 0.05) is 36.3 Å². The molecule has 2 aliphatic heterocycles. The first-order valence-electron chi connectivity index (χ1n) is 5.56. The van der Waals surface area contributed by atoms with Crippen LogP contribution in [0, 0.1) is 0 Å². The second kappa shape index (κ2) is 3.75. The van der Waals surface area contributed by atoms with Crippen LogP contribution in [0.25, 0.3) is 0 Å². The van der Waals surface area contributed by atoms with Crippen LogP contribution in [-0.4, -0.2) is 36.5 Å². The van der Waals surface area contributed by atoms with Gasteiger partial charge in [-0.1, -0.05) is 11.6 Å². The molecular weight excluding hydrogens is 224 g/mol. The van der Waals surface area contributed by atoms with Crippen molar-refractivity contribution < 1.29 is 4.79 Å². The molecule has 1 atom stereocenters. The Labute approximate surface area is 99.4 Å². The summed E-state index contributed by atoms with van der Waals surface area (Å²) < 4.78 is 0. The van der Waals surface area contributed by atoms with Gasteiger partial charge >= 0.3 is 0 Å². The molecule has 0 unspecified atom stereocenters. The van der Waals surface area contributed by atoms with E-state index in [1.807, 2.05) is 17.0 Å². The molecule has 3 rings (SSSR count). The SMILES string of the molecule is O=C1c2ccc(Cl)cc2C[C@@H]2CNCCN12. The number of fused-ring (bicyclic) bond motifs is 2. The van der Waals surface area contributed by atoms with E-state index >= 15 is 0 Å². The van der Waals surface area contributed by atoms with Crippen LogP contribution in [0.1, 0.15) is 15.9 Å². The minimum absolute atomic E-state index is 0.157. The van der Waals surface area contributed by atoms with E-state index < -0.39 is 0 Å². The molecule has 16 heavy (non-hydrogen) atoms. The van der Waals surface area contributed by atoms with Gasteiger partial charge in [0.25, 0.3) is 5.91 Å². The van der Waals surface area contributed by atoms with E-state index in [0.717, 1.165) is 37.2 Å². The van der Waals surface area contributed by atoms with Crippen molar-refractivity contribution in [3.63, 3.8) is 0 Å². The Hall–Kier alpha value is -1.06. The third-order valence-electron chi connectivity index (χ3n) is 3.36. The summed E-state index contributed by atoms with van der Waals surface area (Å²) in [5, 5.41) is 4.03. The summed E-state index contributed by atoms with van der Waals surface area (Å²) in [7, 11) is 0. The van der Waals surface area contributed by atoms with Gasteiger partial charge in [0.1, 0.15) is 0 Å². The summed E-state index contributed by atoms with van der Waals surface area (Å²) >= 11 is 5.96. The number of hydrogen-bond acceptors (Lipinski definition) is 2. The Morgan fingerprint density at radius 2 is 2.31 bits per heavy atom. The van der Waals surface area contributed by atoms with Crippen molar-refractivity contribution in [2.45, 2.75) is 12.5 Å². The number of amides is 1. The zero-order valence-corrected chi connectivity index (χ0v) is 9.63. The van der Waals surface area contributed by atoms with Crippen LogP contribution in [0.15, 0.2) is 18.2 Å². The minimum Gasteiger partial charge on any atom is -0.333 e. The van der Waals surface area contributed by atoms with Crippen LogP contribution < -0.4 is 5.32 Å². The number of piperazine rings is 1. The van der Waals surface area contributed by atoms with Crippen molar-refractivity contribution in [2.75, 3.05) is 19.6 Å². The van der Waals surface area contributed by atoms with Gasteiger partial charge in [-0.3, -0.25) is 4.79 Å². The molecule has 0 saturated carbocycles. The van der Waals surface area contributed by atoms with E-state index in [-0.39, 0.29) is 5.91 Å². The molecule has 0 aliphatic carbocycles. The van der Waals surface area contributed by atoms with Gasteiger partial charge in [0.05, 0.1) is 0 Å². The third kappa shape index (κ3) is 1.51. The number of benzene rings is 1. The van der Waals surface area contributed by atoms with Crippen molar-refractivity contribution in [3.8, 4) is 0 Å². The topological polar surface area (TPSA) is 32.3 Å². The number of nitrogens with one attached hydrogen (secondary N) is 1. The van der Waals surface area contributed by atoms with Crippen molar-refractivity contribution in [1.82, 2.24) is 10.2 Å². The summed E-state index contributed by atoms with van der Waals surface area (Å²) in [6.07, 6.45) is 0.911. The lowest BCUT2D eigenvalue weighted by atomic mass is 9.92. The average Bonchev–Trinajstić information content (AvgIpc) is 2.29. The zero-order valence-electron chi connectivity index (χ0n) is 8.87. The quantitative estimate of drug-likeness (QED) is 0.737. The van der Waals surface area contributed by atoms with E-state index in [4.69, 9.17) is 11.6 Å². The highest BCUT2D eigenvalue weighted by atomic mass is 35.5. The number of nitrogens with zero attached hydrogens (tertiary/aromatic N) is 1. The highest BCUT2D eigenvalue weighted by Crippen LogP contribution is 2.26. The van der Waals surface area contributed by atoms with Gasteiger partial charge in [-0.15, -0.1) is 0 Å². The first-order valence-corrected chi connectivity index (χ1v) is 5.93. The van der Waals surface area contributed by atoms with Crippen molar-refractivity contribution >= 4 is 17.5 Å². The molecule has 3 nitrogen and oxygen atoms in total. The predicted octanol–water partition coefficient (Wildman–Crippen LogP) is 1.31. The van der Waals surface area contributed by atoms with E-state index in [2.05, 4.69) is 5.32 Å². The number of carbonyl (C=O) groups excluding carboxylic acids is 1. The fourth-order valence-corrected chi connectivity index (χ4v) is 2.75. The molecule has 1 N–H and O–H groups in total. The molecule has 0 bridgehead atoms. The van der Waals surface area contributed by atoms with Crippen LogP contribution in [-0.2, 0) is 6.42 Å². The number of carbonyl (C=O) groups is 1. The lowest BCUT2D eigenvalue weighted by Crippen LogP contribution is -2.56. The molecule has 0 radical (unpaired) electrons. The maximum atomic E-state index is 12.2. The standard InChI is InChI=1S/C12H13ClN2O/c13-9-1-2-11-8(5-9)6-10-7-14-3-4-15(10)12(11)16/h1-2,5,10,14H,3-4,6-7H2/t10-/m1/s1. The Balaban J connectivity index is 2.03. The Kier molecular flexibility index (Phi) is 2.37. The molecule has 0 aromatic heterocycles. The van der Waals surface area contributed by atoms with Crippen LogP contribution in [0.5, 0.6) is 0 Å². The summed E-state index contributed by atoms with van der Waals surface area (Å²) in [4.78, 5) is 14.2. The number of hydrogen-bond donors (Lipinski definition) is 1. The summed E-state index contributed by atoms with van der Waals surface area (Å²) in [6, 6.07) is 5.85. The van der Waals surface area contributed by atoms with Crippen molar-refractivity contribution in [1.29, 1.82) is 0 Å². The zero-order chi connectivity index (χ0) is 11.1. The second-order valence-electron chi connectivity index (χ2n) is 4.36. The van der Waals surface area contributed by atoms with E-state index in [1.54, 1.807) is 6.07 Å². The van der Waals surface area contributed by atoms with Gasteiger partial charge in [-0.2, -0.15) is 0 Å². The normalized spacial score (nSPS) is 23.9. The molecule has 1 aromatic rings. The highest BCUT2D eigenvalue weighted by molar-refractivity contribution is 6.30. The van der Waals surface area contributed by atoms with E-state index in [9.17, 15) is 4.79 Å². The van der Waals surface area contributed by atoms with Crippen LogP contribution >= 0.6 is 11.6 Å². The average molecular weight is 237 g/mol. The largest absolute Gasteiger partial charge is 0.333 e. The maximum absolute atomic E-state index is 12.2. The summed E-state index contributed by atoms with van der Waals surface area (Å²) in [5.41, 5.74) is 1.91. The van der Waals surface area contributed by atoms with Crippen LogP contribution in [0.3, 0.4) is 0 Å². The van der Waals surface area contributed by atoms with Gasteiger partial charge in [-0.25, -0.2) is 0 Å². The molecule has 84 valence electrons. The first-order chi connectivity index (χ1) is 7.75.